The quantitative estimate of drug-likeness (QED) is 0.370. The smallest absolute Gasteiger partial charge is 0.167 e. The lowest BCUT2D eigenvalue weighted by Gasteiger charge is -1.98. The third kappa shape index (κ3) is 3.83. The van der Waals surface area contributed by atoms with Gasteiger partial charge in [-0.05, 0) is 31.2 Å². The fourth-order valence-corrected chi connectivity index (χ4v) is 1.31. The third-order valence-electron chi connectivity index (χ3n) is 2.19. The van der Waals surface area contributed by atoms with E-state index in [2.05, 4.69) is 20.8 Å². The molecule has 0 saturated heterocycles. The molecule has 2 rings (SSSR count). The number of nitrogens with one attached hydrogen (secondary N) is 1. The number of para-hydroxylation sites is 1. The first-order valence-corrected chi connectivity index (χ1v) is 5.67. The number of hydrogen-bond acceptors (Lipinski definition) is 3. The van der Waals surface area contributed by atoms with E-state index in [0.29, 0.717) is 5.84 Å². The van der Waals surface area contributed by atoms with Crippen LogP contribution in [0.5, 0.6) is 0 Å². The first-order chi connectivity index (χ1) is 8.84. The number of hydrogen-bond donors (Lipinski definition) is 1. The molecule has 0 heterocycles. The van der Waals surface area contributed by atoms with Gasteiger partial charge in [-0.1, -0.05) is 36.4 Å². The Morgan fingerprint density at radius 1 is 0.889 bits per heavy atom. The lowest BCUT2D eigenvalue weighted by Crippen LogP contribution is -1.93. The SMILES string of the molecule is CC(N=Nc1ccccc1)=NNc1ccccc1. The highest BCUT2D eigenvalue weighted by molar-refractivity contribution is 5.80. The molecule has 0 aliphatic carbocycles. The van der Waals surface area contributed by atoms with Gasteiger partial charge in [0.25, 0.3) is 0 Å². The molecule has 0 aliphatic heterocycles. The zero-order chi connectivity index (χ0) is 12.6. The monoisotopic (exact) mass is 238 g/mol. The van der Waals surface area contributed by atoms with Crippen LogP contribution in [0.3, 0.4) is 0 Å². The summed E-state index contributed by atoms with van der Waals surface area (Å²) in [5.74, 6) is 0.572. The molecular weight excluding hydrogens is 224 g/mol. The number of azo groups is 1. The minimum atomic E-state index is 0.572. The number of amidine groups is 1. The van der Waals surface area contributed by atoms with Crippen molar-refractivity contribution >= 4 is 17.2 Å². The summed E-state index contributed by atoms with van der Waals surface area (Å²) in [7, 11) is 0. The molecule has 2 aromatic rings. The second-order valence-electron chi connectivity index (χ2n) is 3.67. The van der Waals surface area contributed by atoms with E-state index in [4.69, 9.17) is 0 Å². The maximum atomic E-state index is 4.12. The van der Waals surface area contributed by atoms with Crippen LogP contribution in [0, 0.1) is 0 Å². The average molecular weight is 238 g/mol. The van der Waals surface area contributed by atoms with E-state index >= 15 is 0 Å². The fraction of sp³-hybridized carbons (Fsp3) is 0.0714. The van der Waals surface area contributed by atoms with E-state index in [1.54, 1.807) is 6.92 Å². The largest absolute Gasteiger partial charge is 0.277 e. The minimum absolute atomic E-state index is 0.572. The summed E-state index contributed by atoms with van der Waals surface area (Å²) in [5, 5.41) is 12.2. The van der Waals surface area contributed by atoms with Crippen LogP contribution in [0.1, 0.15) is 6.92 Å². The van der Waals surface area contributed by atoms with Gasteiger partial charge in [0.15, 0.2) is 5.84 Å². The Hall–Kier alpha value is -2.49. The number of hydrazone groups is 1. The zero-order valence-electron chi connectivity index (χ0n) is 10.1. The van der Waals surface area contributed by atoms with E-state index in [-0.39, 0.29) is 0 Å². The number of anilines is 1. The van der Waals surface area contributed by atoms with Gasteiger partial charge in [-0.25, -0.2) is 0 Å². The topological polar surface area (TPSA) is 49.1 Å². The molecule has 0 unspecified atom stereocenters. The molecule has 90 valence electrons. The van der Waals surface area contributed by atoms with Crippen LogP contribution in [0.25, 0.3) is 0 Å². The van der Waals surface area contributed by atoms with Gasteiger partial charge in [-0.2, -0.15) is 5.10 Å². The van der Waals surface area contributed by atoms with Crippen molar-refractivity contribution in [1.82, 2.24) is 0 Å². The Morgan fingerprint density at radius 2 is 1.50 bits per heavy atom. The van der Waals surface area contributed by atoms with E-state index in [0.717, 1.165) is 11.4 Å². The van der Waals surface area contributed by atoms with Crippen LogP contribution in [-0.4, -0.2) is 5.84 Å². The molecule has 4 nitrogen and oxygen atoms in total. The van der Waals surface area contributed by atoms with Crippen LogP contribution in [0.2, 0.25) is 0 Å². The summed E-state index contributed by atoms with van der Waals surface area (Å²) >= 11 is 0. The summed E-state index contributed by atoms with van der Waals surface area (Å²) in [6.07, 6.45) is 0. The van der Waals surface area contributed by atoms with E-state index < -0.39 is 0 Å². The van der Waals surface area contributed by atoms with Gasteiger partial charge in [0, 0.05) is 0 Å². The highest BCUT2D eigenvalue weighted by Crippen LogP contribution is 2.10. The molecular formula is C14H14N4. The van der Waals surface area contributed by atoms with Crippen LogP contribution in [0.4, 0.5) is 11.4 Å². The van der Waals surface area contributed by atoms with E-state index in [1.165, 1.54) is 0 Å². The molecule has 0 amide bonds. The summed E-state index contributed by atoms with van der Waals surface area (Å²) in [6, 6.07) is 19.3. The number of rotatable bonds is 3. The predicted octanol–water partition coefficient (Wildman–Crippen LogP) is 4.22. The van der Waals surface area contributed by atoms with Crippen molar-refractivity contribution in [3.63, 3.8) is 0 Å². The van der Waals surface area contributed by atoms with E-state index in [9.17, 15) is 0 Å². The van der Waals surface area contributed by atoms with Crippen molar-refractivity contribution in [3.05, 3.63) is 60.7 Å². The lowest BCUT2D eigenvalue weighted by molar-refractivity contribution is 1.22. The predicted molar refractivity (Wildman–Crippen MR) is 74.1 cm³/mol. The molecule has 1 N–H and O–H groups in total. The van der Waals surface area contributed by atoms with Crippen LogP contribution < -0.4 is 5.43 Å². The van der Waals surface area contributed by atoms with Crippen LogP contribution >= 0.6 is 0 Å². The fourth-order valence-electron chi connectivity index (χ4n) is 1.31. The van der Waals surface area contributed by atoms with Crippen molar-refractivity contribution in [3.8, 4) is 0 Å². The summed E-state index contributed by atoms with van der Waals surface area (Å²) in [4.78, 5) is 0. The summed E-state index contributed by atoms with van der Waals surface area (Å²) in [5.41, 5.74) is 4.65. The maximum Gasteiger partial charge on any atom is 0.167 e. The van der Waals surface area contributed by atoms with Gasteiger partial charge < -0.3 is 0 Å². The number of nitrogens with zero attached hydrogens (tertiary/aromatic N) is 3. The molecule has 0 atom stereocenters. The molecule has 0 bridgehead atoms. The Balaban J connectivity index is 1.96. The van der Waals surface area contributed by atoms with Gasteiger partial charge in [0.05, 0.1) is 11.4 Å². The summed E-state index contributed by atoms with van der Waals surface area (Å²) < 4.78 is 0. The molecule has 0 spiro atoms. The highest BCUT2D eigenvalue weighted by atomic mass is 15.3. The second-order valence-corrected chi connectivity index (χ2v) is 3.67. The van der Waals surface area contributed by atoms with Gasteiger partial charge in [-0.15, -0.1) is 10.2 Å². The molecule has 18 heavy (non-hydrogen) atoms. The van der Waals surface area contributed by atoms with Crippen molar-refractivity contribution in [2.24, 2.45) is 15.3 Å². The van der Waals surface area contributed by atoms with Gasteiger partial charge in [0.1, 0.15) is 0 Å². The van der Waals surface area contributed by atoms with E-state index in [1.807, 2.05) is 60.7 Å². The Morgan fingerprint density at radius 3 is 2.17 bits per heavy atom. The first kappa shape index (κ1) is 12.0. The molecule has 0 saturated carbocycles. The molecule has 0 radical (unpaired) electrons. The van der Waals surface area contributed by atoms with Gasteiger partial charge >= 0.3 is 0 Å². The van der Waals surface area contributed by atoms with Crippen molar-refractivity contribution < 1.29 is 0 Å². The third-order valence-corrected chi connectivity index (χ3v) is 2.19. The second kappa shape index (κ2) is 6.30. The minimum Gasteiger partial charge on any atom is -0.277 e. The molecule has 0 aromatic heterocycles. The van der Waals surface area contributed by atoms with Crippen molar-refractivity contribution in [1.29, 1.82) is 0 Å². The van der Waals surface area contributed by atoms with Gasteiger partial charge in [-0.3, -0.25) is 5.43 Å². The van der Waals surface area contributed by atoms with Crippen molar-refractivity contribution in [2.45, 2.75) is 6.92 Å². The summed E-state index contributed by atoms with van der Waals surface area (Å²) in [6.45, 7) is 1.79. The maximum absolute atomic E-state index is 4.12. The molecule has 4 heteroatoms. The molecule has 0 aliphatic rings. The van der Waals surface area contributed by atoms with Crippen LogP contribution in [0.15, 0.2) is 76.0 Å². The standard InChI is InChI=1S/C14H14N4/c1-12(15-17-13-8-4-2-5-9-13)16-18-14-10-6-3-7-11-14/h2-11,17H,1H3. The average Bonchev–Trinajstić information content (AvgIpc) is 2.45. The Labute approximate surface area is 106 Å². The van der Waals surface area contributed by atoms with Crippen LogP contribution in [-0.2, 0) is 0 Å². The highest BCUT2D eigenvalue weighted by Gasteiger charge is 1.89. The normalized spacial score (nSPS) is 11.7. The lowest BCUT2D eigenvalue weighted by atomic mass is 10.3. The molecule has 2 aromatic carbocycles. The van der Waals surface area contributed by atoms with Crippen molar-refractivity contribution in [2.75, 3.05) is 5.43 Å². The first-order valence-electron chi connectivity index (χ1n) is 5.67. The molecule has 0 fully saturated rings. The Bertz CT molecular complexity index is 532. The zero-order valence-corrected chi connectivity index (χ0v) is 10.1. The number of benzene rings is 2. The van der Waals surface area contributed by atoms with Gasteiger partial charge in [0.2, 0.25) is 0 Å². The Kier molecular flexibility index (Phi) is 4.19.